The third-order valence-corrected chi connectivity index (χ3v) is 4.17. The number of hydrogen-bond donors (Lipinski definition) is 3. The van der Waals surface area contributed by atoms with Crippen LogP contribution in [0.5, 0.6) is 11.5 Å². The third-order valence-electron chi connectivity index (χ3n) is 4.17. The Morgan fingerprint density at radius 1 is 1.17 bits per heavy atom. The summed E-state index contributed by atoms with van der Waals surface area (Å²) in [6.07, 6.45) is 0.634. The molecule has 1 heterocycles. The summed E-state index contributed by atoms with van der Waals surface area (Å²) < 4.78 is 10.9. The van der Waals surface area contributed by atoms with Crippen LogP contribution in [0.4, 0.5) is 0 Å². The number of hydrogen-bond acceptors (Lipinski definition) is 6. The molecule has 1 aromatic carbocycles. The van der Waals surface area contributed by atoms with Crippen molar-refractivity contribution in [3.05, 3.63) is 29.8 Å². The zero-order chi connectivity index (χ0) is 17.1. The SMILES string of the molecule is CC1OC(C)C(OC(=O)/C=C/c2ccc(O)c(O)c2)C(O)C1C. The van der Waals surface area contributed by atoms with Gasteiger partial charge >= 0.3 is 5.97 Å². The highest BCUT2D eigenvalue weighted by molar-refractivity contribution is 5.87. The third kappa shape index (κ3) is 4.03. The minimum absolute atomic E-state index is 0.106. The minimum atomic E-state index is -0.788. The molecule has 0 spiro atoms. The predicted molar refractivity (Wildman–Crippen MR) is 83.9 cm³/mol. The molecule has 1 fully saturated rings. The number of esters is 1. The Kier molecular flexibility index (Phi) is 5.28. The molecular formula is C17H22O6. The van der Waals surface area contributed by atoms with Crippen molar-refractivity contribution in [3.8, 4) is 11.5 Å². The first-order valence-electron chi connectivity index (χ1n) is 7.53. The summed E-state index contributed by atoms with van der Waals surface area (Å²) in [7, 11) is 0. The van der Waals surface area contributed by atoms with Gasteiger partial charge in [0.1, 0.15) is 0 Å². The molecule has 1 aromatic rings. The Morgan fingerprint density at radius 3 is 2.52 bits per heavy atom. The van der Waals surface area contributed by atoms with Crippen LogP contribution in [0, 0.1) is 5.92 Å². The zero-order valence-electron chi connectivity index (χ0n) is 13.3. The molecule has 5 unspecified atom stereocenters. The quantitative estimate of drug-likeness (QED) is 0.446. The fourth-order valence-electron chi connectivity index (χ4n) is 2.54. The van der Waals surface area contributed by atoms with Gasteiger partial charge < -0.3 is 24.8 Å². The van der Waals surface area contributed by atoms with E-state index in [1.807, 2.05) is 13.8 Å². The number of benzene rings is 1. The van der Waals surface area contributed by atoms with Crippen LogP contribution >= 0.6 is 0 Å². The van der Waals surface area contributed by atoms with E-state index in [1.54, 1.807) is 13.0 Å². The number of aromatic hydroxyl groups is 2. The van der Waals surface area contributed by atoms with Crippen molar-refractivity contribution >= 4 is 12.0 Å². The Labute approximate surface area is 135 Å². The maximum atomic E-state index is 11.9. The molecule has 0 bridgehead atoms. The molecule has 126 valence electrons. The van der Waals surface area contributed by atoms with Crippen molar-refractivity contribution in [1.29, 1.82) is 0 Å². The van der Waals surface area contributed by atoms with Gasteiger partial charge in [0.15, 0.2) is 17.6 Å². The maximum absolute atomic E-state index is 11.9. The van der Waals surface area contributed by atoms with Crippen molar-refractivity contribution in [3.63, 3.8) is 0 Å². The van der Waals surface area contributed by atoms with Gasteiger partial charge in [-0.15, -0.1) is 0 Å². The summed E-state index contributed by atoms with van der Waals surface area (Å²) in [6.45, 7) is 5.47. The number of phenols is 2. The molecule has 3 N–H and O–H groups in total. The van der Waals surface area contributed by atoms with E-state index < -0.39 is 24.3 Å². The molecule has 5 atom stereocenters. The van der Waals surface area contributed by atoms with Crippen molar-refractivity contribution in [2.45, 2.75) is 45.2 Å². The second-order valence-electron chi connectivity index (χ2n) is 5.88. The molecule has 0 radical (unpaired) electrons. The lowest BCUT2D eigenvalue weighted by Crippen LogP contribution is -2.53. The summed E-state index contributed by atoms with van der Waals surface area (Å²) in [5.74, 6) is -1.25. The fourth-order valence-corrected chi connectivity index (χ4v) is 2.54. The number of carbonyl (C=O) groups excluding carboxylic acids is 1. The van der Waals surface area contributed by atoms with E-state index in [0.29, 0.717) is 5.56 Å². The first-order chi connectivity index (χ1) is 10.8. The topological polar surface area (TPSA) is 96.2 Å². The highest BCUT2D eigenvalue weighted by Gasteiger charge is 2.41. The number of carbonyl (C=O) groups is 1. The number of aliphatic hydroxyl groups excluding tert-OH is 1. The summed E-state index contributed by atoms with van der Waals surface area (Å²) in [5.41, 5.74) is 0.535. The molecule has 6 nitrogen and oxygen atoms in total. The molecule has 6 heteroatoms. The van der Waals surface area contributed by atoms with E-state index in [0.717, 1.165) is 0 Å². The van der Waals surface area contributed by atoms with Gasteiger partial charge in [0.25, 0.3) is 0 Å². The van der Waals surface area contributed by atoms with Crippen molar-refractivity contribution in [1.82, 2.24) is 0 Å². The average molecular weight is 322 g/mol. The van der Waals surface area contributed by atoms with Gasteiger partial charge in [0, 0.05) is 12.0 Å². The monoisotopic (exact) mass is 322 g/mol. The summed E-state index contributed by atoms with van der Waals surface area (Å²) in [4.78, 5) is 11.9. The molecular weight excluding hydrogens is 300 g/mol. The van der Waals surface area contributed by atoms with Crippen LogP contribution in [0.3, 0.4) is 0 Å². The lowest BCUT2D eigenvalue weighted by Gasteiger charge is -2.40. The maximum Gasteiger partial charge on any atom is 0.331 e. The van der Waals surface area contributed by atoms with Crippen LogP contribution in [-0.4, -0.2) is 45.7 Å². The Hall–Kier alpha value is -2.05. The number of phenolic OH excluding ortho intramolecular Hbond substituents is 2. The van der Waals surface area contributed by atoms with Crippen molar-refractivity contribution in [2.75, 3.05) is 0 Å². The first kappa shape index (κ1) is 17.3. The van der Waals surface area contributed by atoms with Crippen LogP contribution in [0.1, 0.15) is 26.3 Å². The van der Waals surface area contributed by atoms with Crippen LogP contribution in [0.25, 0.3) is 6.08 Å². The Morgan fingerprint density at radius 2 is 1.87 bits per heavy atom. The number of aliphatic hydroxyl groups is 1. The molecule has 1 saturated heterocycles. The normalized spacial score (nSPS) is 31.2. The van der Waals surface area contributed by atoms with Crippen LogP contribution < -0.4 is 0 Å². The van der Waals surface area contributed by atoms with Gasteiger partial charge in [-0.05, 0) is 37.6 Å². The molecule has 0 aliphatic carbocycles. The van der Waals surface area contributed by atoms with Gasteiger partial charge in [-0.25, -0.2) is 4.79 Å². The number of rotatable bonds is 3. The molecule has 0 aromatic heterocycles. The van der Waals surface area contributed by atoms with Crippen molar-refractivity contribution < 1.29 is 29.6 Å². The van der Waals surface area contributed by atoms with E-state index in [1.165, 1.54) is 24.3 Å². The predicted octanol–water partition coefficient (Wildman–Crippen LogP) is 1.83. The van der Waals surface area contributed by atoms with Crippen LogP contribution in [0.2, 0.25) is 0 Å². The lowest BCUT2D eigenvalue weighted by molar-refractivity contribution is -0.203. The Bertz CT molecular complexity index is 597. The zero-order valence-corrected chi connectivity index (χ0v) is 13.3. The highest BCUT2D eigenvalue weighted by atomic mass is 16.6. The fraction of sp³-hybridized carbons (Fsp3) is 0.471. The second kappa shape index (κ2) is 7.02. The second-order valence-corrected chi connectivity index (χ2v) is 5.88. The average Bonchev–Trinajstić information content (AvgIpc) is 2.50. The van der Waals surface area contributed by atoms with E-state index in [9.17, 15) is 20.1 Å². The van der Waals surface area contributed by atoms with Gasteiger partial charge in [0.2, 0.25) is 0 Å². The lowest BCUT2D eigenvalue weighted by atomic mass is 9.89. The van der Waals surface area contributed by atoms with E-state index in [-0.39, 0.29) is 23.5 Å². The molecule has 1 aliphatic rings. The van der Waals surface area contributed by atoms with E-state index >= 15 is 0 Å². The van der Waals surface area contributed by atoms with E-state index in [2.05, 4.69) is 0 Å². The molecule has 0 amide bonds. The molecule has 0 saturated carbocycles. The smallest absolute Gasteiger partial charge is 0.331 e. The van der Waals surface area contributed by atoms with Gasteiger partial charge in [-0.2, -0.15) is 0 Å². The van der Waals surface area contributed by atoms with E-state index in [4.69, 9.17) is 9.47 Å². The number of ether oxygens (including phenoxy) is 2. The molecule has 23 heavy (non-hydrogen) atoms. The van der Waals surface area contributed by atoms with Gasteiger partial charge in [-0.1, -0.05) is 13.0 Å². The minimum Gasteiger partial charge on any atom is -0.504 e. The van der Waals surface area contributed by atoms with Gasteiger partial charge in [-0.3, -0.25) is 0 Å². The summed E-state index contributed by atoms with van der Waals surface area (Å²) >= 11 is 0. The molecule has 1 aliphatic heterocycles. The van der Waals surface area contributed by atoms with Crippen LogP contribution in [0.15, 0.2) is 24.3 Å². The van der Waals surface area contributed by atoms with Gasteiger partial charge in [0.05, 0.1) is 18.3 Å². The Balaban J connectivity index is 2.01. The van der Waals surface area contributed by atoms with Crippen LogP contribution in [-0.2, 0) is 14.3 Å². The largest absolute Gasteiger partial charge is 0.504 e. The highest BCUT2D eigenvalue weighted by Crippen LogP contribution is 2.28. The molecule has 2 rings (SSSR count). The first-order valence-corrected chi connectivity index (χ1v) is 7.53. The van der Waals surface area contributed by atoms with Crippen molar-refractivity contribution in [2.24, 2.45) is 5.92 Å². The standard InChI is InChI=1S/C17H22O6/c1-9-10(2)22-11(3)17(16(9)21)23-15(20)7-5-12-4-6-13(18)14(19)8-12/h4-11,16-19,21H,1-3H3/b7-5+. The summed E-state index contributed by atoms with van der Waals surface area (Å²) in [5, 5.41) is 28.9. The summed E-state index contributed by atoms with van der Waals surface area (Å²) in [6, 6.07) is 4.19.